The van der Waals surface area contributed by atoms with Gasteiger partial charge in [-0.05, 0) is 48.4 Å². The molecule has 2 amide bonds. The zero-order chi connectivity index (χ0) is 19.9. The molecular formula is C22H26N2O4. The maximum Gasteiger partial charge on any atom is 0.227 e. The molecule has 1 aliphatic heterocycles. The predicted octanol–water partition coefficient (Wildman–Crippen LogP) is 3.15. The fourth-order valence-electron chi connectivity index (χ4n) is 3.15. The number of hydrogen-bond donors (Lipinski definition) is 1. The average molecular weight is 382 g/mol. The molecule has 1 saturated heterocycles. The molecule has 3 rings (SSSR count). The molecule has 1 unspecified atom stereocenters. The number of ether oxygens (including phenoxy) is 2. The van der Waals surface area contributed by atoms with E-state index in [0.29, 0.717) is 19.7 Å². The van der Waals surface area contributed by atoms with Crippen LogP contribution in [0.3, 0.4) is 0 Å². The molecule has 0 spiro atoms. The molecular weight excluding hydrogens is 356 g/mol. The smallest absolute Gasteiger partial charge is 0.227 e. The molecule has 6 heteroatoms. The second-order valence-electron chi connectivity index (χ2n) is 6.81. The van der Waals surface area contributed by atoms with Crippen LogP contribution in [0, 0.1) is 5.92 Å². The Kier molecular flexibility index (Phi) is 6.53. The van der Waals surface area contributed by atoms with Crippen molar-refractivity contribution in [3.63, 3.8) is 0 Å². The summed E-state index contributed by atoms with van der Waals surface area (Å²) >= 11 is 0. The number of methoxy groups -OCH3 is 1. The van der Waals surface area contributed by atoms with E-state index in [2.05, 4.69) is 12.2 Å². The van der Waals surface area contributed by atoms with Gasteiger partial charge < -0.3 is 19.7 Å². The van der Waals surface area contributed by atoms with Crippen molar-refractivity contribution in [1.82, 2.24) is 5.32 Å². The molecule has 1 atom stereocenters. The molecule has 0 radical (unpaired) electrons. The van der Waals surface area contributed by atoms with Crippen LogP contribution in [-0.2, 0) is 16.1 Å². The Balaban J connectivity index is 1.54. The Morgan fingerprint density at radius 2 is 1.79 bits per heavy atom. The van der Waals surface area contributed by atoms with Gasteiger partial charge in [0.2, 0.25) is 11.8 Å². The van der Waals surface area contributed by atoms with E-state index in [0.717, 1.165) is 29.2 Å². The van der Waals surface area contributed by atoms with E-state index in [-0.39, 0.29) is 24.2 Å². The topological polar surface area (TPSA) is 67.9 Å². The molecule has 1 N–H and O–H groups in total. The summed E-state index contributed by atoms with van der Waals surface area (Å²) in [4.78, 5) is 26.6. The van der Waals surface area contributed by atoms with Crippen LogP contribution in [0.1, 0.15) is 25.3 Å². The van der Waals surface area contributed by atoms with Crippen LogP contribution in [0.15, 0.2) is 48.5 Å². The minimum Gasteiger partial charge on any atom is -0.497 e. The lowest BCUT2D eigenvalue weighted by Crippen LogP contribution is -2.32. The van der Waals surface area contributed by atoms with Gasteiger partial charge >= 0.3 is 0 Å². The summed E-state index contributed by atoms with van der Waals surface area (Å²) in [6, 6.07) is 15.0. The van der Waals surface area contributed by atoms with Crippen molar-refractivity contribution in [3.8, 4) is 11.5 Å². The van der Waals surface area contributed by atoms with E-state index in [1.54, 1.807) is 12.0 Å². The molecule has 1 aliphatic rings. The van der Waals surface area contributed by atoms with E-state index >= 15 is 0 Å². The molecule has 0 bridgehead atoms. The number of amides is 2. The van der Waals surface area contributed by atoms with E-state index in [1.165, 1.54) is 0 Å². The van der Waals surface area contributed by atoms with Gasteiger partial charge in [-0.1, -0.05) is 19.1 Å². The Hall–Kier alpha value is -3.02. The number of anilines is 1. The summed E-state index contributed by atoms with van der Waals surface area (Å²) in [5.74, 6) is 1.08. The number of carbonyl (C=O) groups is 2. The molecule has 0 aromatic heterocycles. The number of rotatable bonds is 8. The number of hydrogen-bond acceptors (Lipinski definition) is 4. The van der Waals surface area contributed by atoms with Gasteiger partial charge in [0.1, 0.15) is 11.5 Å². The van der Waals surface area contributed by atoms with Crippen molar-refractivity contribution in [2.24, 2.45) is 5.92 Å². The van der Waals surface area contributed by atoms with E-state index in [4.69, 9.17) is 9.47 Å². The van der Waals surface area contributed by atoms with E-state index in [1.807, 2.05) is 48.5 Å². The fraction of sp³-hybridized carbons (Fsp3) is 0.364. The lowest BCUT2D eigenvalue weighted by Gasteiger charge is -2.17. The van der Waals surface area contributed by atoms with Crippen LogP contribution in [0.5, 0.6) is 11.5 Å². The summed E-state index contributed by atoms with van der Waals surface area (Å²) in [6.07, 6.45) is 1.17. The molecule has 0 aliphatic carbocycles. The Labute approximate surface area is 165 Å². The highest BCUT2D eigenvalue weighted by Gasteiger charge is 2.34. The Bertz CT molecular complexity index is 802. The third-order valence-corrected chi connectivity index (χ3v) is 4.74. The van der Waals surface area contributed by atoms with Gasteiger partial charge in [-0.25, -0.2) is 0 Å². The van der Waals surface area contributed by atoms with Crippen molar-refractivity contribution in [2.45, 2.75) is 26.3 Å². The molecule has 1 fully saturated rings. The first-order valence-electron chi connectivity index (χ1n) is 9.54. The summed E-state index contributed by atoms with van der Waals surface area (Å²) in [6.45, 7) is 3.54. The largest absolute Gasteiger partial charge is 0.497 e. The van der Waals surface area contributed by atoms with Gasteiger partial charge in [0, 0.05) is 25.2 Å². The summed E-state index contributed by atoms with van der Waals surface area (Å²) in [7, 11) is 1.62. The van der Waals surface area contributed by atoms with Gasteiger partial charge in [-0.15, -0.1) is 0 Å². The maximum absolute atomic E-state index is 12.5. The third-order valence-electron chi connectivity index (χ3n) is 4.74. The number of carbonyl (C=O) groups excluding carboxylic acids is 2. The minimum atomic E-state index is -0.346. The summed E-state index contributed by atoms with van der Waals surface area (Å²) in [5.41, 5.74) is 1.78. The normalized spacial score (nSPS) is 16.1. The molecule has 0 saturated carbocycles. The SMILES string of the molecule is CCCOc1ccc(N2CC(C(=O)NCc3ccc(OC)cc3)CC2=O)cc1. The van der Waals surface area contributed by atoms with Gasteiger partial charge in [0.15, 0.2) is 0 Å². The van der Waals surface area contributed by atoms with Crippen molar-refractivity contribution < 1.29 is 19.1 Å². The predicted molar refractivity (Wildman–Crippen MR) is 108 cm³/mol. The molecule has 6 nitrogen and oxygen atoms in total. The van der Waals surface area contributed by atoms with Crippen molar-refractivity contribution in [3.05, 3.63) is 54.1 Å². The molecule has 2 aromatic carbocycles. The lowest BCUT2D eigenvalue weighted by atomic mass is 10.1. The number of benzene rings is 2. The van der Waals surface area contributed by atoms with Gasteiger partial charge in [0.25, 0.3) is 0 Å². The first-order chi connectivity index (χ1) is 13.6. The zero-order valence-corrected chi connectivity index (χ0v) is 16.3. The average Bonchev–Trinajstić information content (AvgIpc) is 3.13. The molecule has 148 valence electrons. The van der Waals surface area contributed by atoms with Crippen molar-refractivity contribution >= 4 is 17.5 Å². The summed E-state index contributed by atoms with van der Waals surface area (Å²) in [5, 5.41) is 2.92. The molecule has 28 heavy (non-hydrogen) atoms. The zero-order valence-electron chi connectivity index (χ0n) is 16.3. The van der Waals surface area contributed by atoms with Crippen molar-refractivity contribution in [2.75, 3.05) is 25.2 Å². The van der Waals surface area contributed by atoms with Gasteiger partial charge in [-0.2, -0.15) is 0 Å². The summed E-state index contributed by atoms with van der Waals surface area (Å²) < 4.78 is 10.7. The number of nitrogens with one attached hydrogen (secondary N) is 1. The highest BCUT2D eigenvalue weighted by atomic mass is 16.5. The Morgan fingerprint density at radius 3 is 2.43 bits per heavy atom. The molecule has 1 heterocycles. The van der Waals surface area contributed by atoms with Gasteiger partial charge in [-0.3, -0.25) is 9.59 Å². The van der Waals surface area contributed by atoms with Crippen molar-refractivity contribution in [1.29, 1.82) is 0 Å². The lowest BCUT2D eigenvalue weighted by molar-refractivity contribution is -0.126. The fourth-order valence-corrected chi connectivity index (χ4v) is 3.15. The van der Waals surface area contributed by atoms with Crippen LogP contribution in [-0.4, -0.2) is 32.1 Å². The van der Waals surface area contributed by atoms with Crippen LogP contribution < -0.4 is 19.7 Å². The number of nitrogens with zero attached hydrogens (tertiary/aromatic N) is 1. The Morgan fingerprint density at radius 1 is 1.11 bits per heavy atom. The maximum atomic E-state index is 12.5. The quantitative estimate of drug-likeness (QED) is 0.762. The second-order valence-corrected chi connectivity index (χ2v) is 6.81. The first kappa shape index (κ1) is 19.7. The first-order valence-corrected chi connectivity index (χ1v) is 9.54. The van der Waals surface area contributed by atoms with Crippen LogP contribution in [0.25, 0.3) is 0 Å². The van der Waals surface area contributed by atoms with Gasteiger partial charge in [0.05, 0.1) is 19.6 Å². The highest BCUT2D eigenvalue weighted by Crippen LogP contribution is 2.27. The third kappa shape index (κ3) is 4.82. The second kappa shape index (κ2) is 9.26. The standard InChI is InChI=1S/C22H26N2O4/c1-3-12-28-20-10-6-18(7-11-20)24-15-17(13-21(24)25)22(26)23-14-16-4-8-19(27-2)9-5-16/h4-11,17H,3,12-15H2,1-2H3,(H,23,26). The minimum absolute atomic E-state index is 0.0353. The van der Waals surface area contributed by atoms with Crippen LogP contribution >= 0.6 is 0 Å². The van der Waals surface area contributed by atoms with E-state index < -0.39 is 0 Å². The van der Waals surface area contributed by atoms with Crippen LogP contribution in [0.4, 0.5) is 5.69 Å². The molecule has 2 aromatic rings. The van der Waals surface area contributed by atoms with E-state index in [9.17, 15) is 9.59 Å². The highest BCUT2D eigenvalue weighted by molar-refractivity contribution is 6.00. The monoisotopic (exact) mass is 382 g/mol. The van der Waals surface area contributed by atoms with Crippen LogP contribution in [0.2, 0.25) is 0 Å².